The van der Waals surface area contributed by atoms with Crippen LogP contribution in [0.15, 0.2) is 18.5 Å². The number of benzene rings is 1. The molecule has 0 bridgehead atoms. The largest absolute Gasteiger partial charge is 0.373 e. The fraction of sp³-hybridized carbons (Fsp3) is 0.455. The van der Waals surface area contributed by atoms with Gasteiger partial charge in [0.15, 0.2) is 11.5 Å². The molecule has 3 aromatic rings. The minimum absolute atomic E-state index is 0.232. The van der Waals surface area contributed by atoms with Crippen LogP contribution in [0.25, 0.3) is 22.2 Å². The second-order valence-corrected chi connectivity index (χ2v) is 8.13. The predicted octanol–water partition coefficient (Wildman–Crippen LogP) is 4.54. The highest BCUT2D eigenvalue weighted by Crippen LogP contribution is 2.39. The number of aromatic nitrogens is 4. The van der Waals surface area contributed by atoms with E-state index in [1.807, 2.05) is 20.8 Å². The van der Waals surface area contributed by atoms with Gasteiger partial charge in [0.05, 0.1) is 17.1 Å². The quantitative estimate of drug-likeness (QED) is 0.292. The Morgan fingerprint density at radius 3 is 2.68 bits per heavy atom. The number of H-pyrrole nitrogens is 1. The molecule has 34 heavy (non-hydrogen) atoms. The van der Waals surface area contributed by atoms with Crippen molar-refractivity contribution in [2.45, 2.75) is 45.3 Å². The highest BCUT2D eigenvalue weighted by Gasteiger charge is 2.29. The molecule has 1 atom stereocenters. The number of anilines is 1. The second-order valence-electron chi connectivity index (χ2n) is 8.13. The average molecular weight is 580 g/mol. The number of amides is 2. The number of urea groups is 1. The number of methoxy groups -OCH3 is 1. The molecule has 0 saturated carbocycles. The minimum atomic E-state index is -0.660. The highest BCUT2D eigenvalue weighted by molar-refractivity contribution is 14.1. The molecule has 3 heterocycles. The van der Waals surface area contributed by atoms with Crippen LogP contribution in [0, 0.1) is 5.82 Å². The maximum atomic E-state index is 15.8. The Morgan fingerprint density at radius 1 is 1.38 bits per heavy atom. The Hall–Kier alpha value is -2.32. The number of rotatable bonds is 6. The molecule has 9 nitrogen and oxygen atoms in total. The van der Waals surface area contributed by atoms with E-state index in [4.69, 9.17) is 9.47 Å². The molecular weight excluding hydrogens is 553 g/mol. The number of imidazole rings is 1. The summed E-state index contributed by atoms with van der Waals surface area (Å²) in [5.74, 6) is 0.303. The molecule has 3 N–H and O–H groups in total. The van der Waals surface area contributed by atoms with Gasteiger partial charge in [0, 0.05) is 49.3 Å². The molecule has 2 amide bonds. The summed E-state index contributed by atoms with van der Waals surface area (Å²) in [6.45, 7) is 6.57. The van der Waals surface area contributed by atoms with E-state index in [0.717, 1.165) is 6.42 Å². The zero-order chi connectivity index (χ0) is 24.9. The molecule has 1 aliphatic heterocycles. The normalized spacial score (nSPS) is 15.6. The third-order valence-electron chi connectivity index (χ3n) is 5.58. The van der Waals surface area contributed by atoms with E-state index in [1.54, 1.807) is 47.9 Å². The van der Waals surface area contributed by atoms with Gasteiger partial charge in [0.25, 0.3) is 0 Å². The Bertz CT molecular complexity index is 1140. The molecule has 0 spiro atoms. The van der Waals surface area contributed by atoms with Gasteiger partial charge in [-0.15, -0.1) is 0 Å². The number of aromatic amines is 1. The summed E-state index contributed by atoms with van der Waals surface area (Å²) in [5, 5.41) is 5.28. The number of carbonyl (C=O) groups excluding carboxylic acids is 1. The summed E-state index contributed by atoms with van der Waals surface area (Å²) < 4.78 is 27.0. The molecule has 1 aliphatic rings. The van der Waals surface area contributed by atoms with Crippen molar-refractivity contribution in [2.75, 3.05) is 25.6 Å². The molecular formula is C22H27BFIN6O3. The second kappa shape index (κ2) is 11.4. The van der Waals surface area contributed by atoms with Crippen LogP contribution in [0.3, 0.4) is 0 Å². The Labute approximate surface area is 212 Å². The molecule has 4 rings (SSSR count). The van der Waals surface area contributed by atoms with Gasteiger partial charge in [0.1, 0.15) is 11.4 Å². The van der Waals surface area contributed by atoms with Crippen LogP contribution in [0.5, 0.6) is 0 Å². The first-order chi connectivity index (χ1) is 16.3. The van der Waals surface area contributed by atoms with E-state index >= 15 is 4.39 Å². The fourth-order valence-electron chi connectivity index (χ4n) is 3.70. The lowest BCUT2D eigenvalue weighted by Gasteiger charge is -2.21. The molecule has 1 aromatic carbocycles. The summed E-state index contributed by atoms with van der Waals surface area (Å²) in [4.78, 5) is 28.2. The van der Waals surface area contributed by atoms with Crippen molar-refractivity contribution in [3.05, 3.63) is 35.7 Å². The van der Waals surface area contributed by atoms with Crippen molar-refractivity contribution >= 4 is 51.1 Å². The van der Waals surface area contributed by atoms with Gasteiger partial charge in [0.2, 0.25) is 5.95 Å². The van der Waals surface area contributed by atoms with E-state index in [0.29, 0.717) is 53.1 Å². The van der Waals surface area contributed by atoms with Gasteiger partial charge in [-0.25, -0.2) is 24.1 Å². The van der Waals surface area contributed by atoms with Crippen molar-refractivity contribution < 1.29 is 18.7 Å². The lowest BCUT2D eigenvalue weighted by Crippen LogP contribution is -2.28. The van der Waals surface area contributed by atoms with Crippen LogP contribution >= 0.6 is 22.4 Å². The Balaban J connectivity index is 0.00000158. The summed E-state index contributed by atoms with van der Waals surface area (Å²) >= 11 is 1.65. The lowest BCUT2D eigenvalue weighted by atomic mass is 9.98. The standard InChI is InChI=1S/C22H27FN6O3.BI/c1-5-24-21(30)29-20-27-14-9-13(12-10-25-19(26-11-12)22(2,3)31-4)17(23)16(18(14)28-20)15-7-6-8-32-15;1-2/h9-11,15H,5-8H2,1-4H3,(H3,24,27,28,29,30);/t15-;/m1./s1. The maximum absolute atomic E-state index is 15.8. The first kappa shape index (κ1) is 26.3. The summed E-state index contributed by atoms with van der Waals surface area (Å²) in [7, 11) is 1.59. The molecule has 0 aliphatic carbocycles. The molecule has 0 unspecified atom stereocenters. The van der Waals surface area contributed by atoms with E-state index in [9.17, 15) is 4.79 Å². The number of hydrogen-bond donors (Lipinski definition) is 3. The topological polar surface area (TPSA) is 114 Å². The molecule has 12 heteroatoms. The van der Waals surface area contributed by atoms with E-state index in [2.05, 4.69) is 36.3 Å². The Morgan fingerprint density at radius 2 is 2.09 bits per heavy atom. The number of ether oxygens (including phenoxy) is 2. The summed E-state index contributed by atoms with van der Waals surface area (Å²) in [6.07, 6.45) is 4.28. The van der Waals surface area contributed by atoms with Gasteiger partial charge in [-0.1, -0.05) is 0 Å². The van der Waals surface area contributed by atoms with Crippen molar-refractivity contribution in [1.29, 1.82) is 0 Å². The van der Waals surface area contributed by atoms with E-state index < -0.39 is 23.6 Å². The lowest BCUT2D eigenvalue weighted by molar-refractivity contribution is 0.0115. The van der Waals surface area contributed by atoms with Gasteiger partial charge in [-0.2, -0.15) is 22.4 Å². The van der Waals surface area contributed by atoms with Crippen molar-refractivity contribution in [3.8, 4) is 11.1 Å². The zero-order valence-corrected chi connectivity index (χ0v) is 21.7. The minimum Gasteiger partial charge on any atom is -0.373 e. The monoisotopic (exact) mass is 580 g/mol. The molecule has 1 fully saturated rings. The molecule has 2 aromatic heterocycles. The average Bonchev–Trinajstić information content (AvgIpc) is 3.50. The summed E-state index contributed by atoms with van der Waals surface area (Å²) in [5.41, 5.74) is 6.05. The van der Waals surface area contributed by atoms with Gasteiger partial charge in [-0.05, 0) is 39.7 Å². The SMILES string of the molecule is CCNC(=O)Nc1nc2c([C@H]3CCCO3)c(F)c(-c3cnc(C(C)(C)OC)nc3)cc2[nH]1.[B]I. The third kappa shape index (κ3) is 5.49. The summed E-state index contributed by atoms with van der Waals surface area (Å²) in [6, 6.07) is 1.26. The Kier molecular flexibility index (Phi) is 8.82. The van der Waals surface area contributed by atoms with Gasteiger partial charge >= 0.3 is 6.03 Å². The van der Waals surface area contributed by atoms with Crippen LogP contribution in [0.1, 0.15) is 51.1 Å². The smallest absolute Gasteiger partial charge is 0.321 e. The van der Waals surface area contributed by atoms with Crippen molar-refractivity contribution in [3.63, 3.8) is 0 Å². The molecule has 180 valence electrons. The number of fused-ring (bicyclic) bond motifs is 1. The number of nitrogens with one attached hydrogen (secondary N) is 3. The first-order valence-corrected chi connectivity index (χ1v) is 12.1. The van der Waals surface area contributed by atoms with Crippen LogP contribution < -0.4 is 10.6 Å². The molecule has 1 saturated heterocycles. The fourth-order valence-corrected chi connectivity index (χ4v) is 3.70. The van der Waals surface area contributed by atoms with E-state index in [-0.39, 0.29) is 5.95 Å². The van der Waals surface area contributed by atoms with Crippen LogP contribution in [-0.2, 0) is 15.1 Å². The van der Waals surface area contributed by atoms with Crippen LogP contribution in [0.4, 0.5) is 15.1 Å². The zero-order valence-electron chi connectivity index (χ0n) is 19.5. The number of nitrogens with zero attached hydrogens (tertiary/aromatic N) is 3. The highest BCUT2D eigenvalue weighted by atomic mass is 127. The maximum Gasteiger partial charge on any atom is 0.321 e. The van der Waals surface area contributed by atoms with Crippen molar-refractivity contribution in [1.82, 2.24) is 25.3 Å². The van der Waals surface area contributed by atoms with Crippen LogP contribution in [0.2, 0.25) is 0 Å². The molecule has 2 radical (unpaired) electrons. The van der Waals surface area contributed by atoms with Gasteiger partial charge in [-0.3, -0.25) is 5.32 Å². The van der Waals surface area contributed by atoms with Crippen molar-refractivity contribution in [2.24, 2.45) is 0 Å². The van der Waals surface area contributed by atoms with E-state index in [1.165, 1.54) is 0 Å². The van der Waals surface area contributed by atoms with Gasteiger partial charge < -0.3 is 19.8 Å². The number of hydrogen-bond acceptors (Lipinski definition) is 6. The predicted molar refractivity (Wildman–Crippen MR) is 138 cm³/mol. The first-order valence-electron chi connectivity index (χ1n) is 10.8. The number of carbonyl (C=O) groups is 1. The number of halogens is 2. The van der Waals surface area contributed by atoms with Crippen LogP contribution in [-0.4, -0.2) is 51.9 Å². The third-order valence-corrected chi connectivity index (χ3v) is 5.58.